The first-order valence-electron chi connectivity index (χ1n) is 19.0. The minimum atomic E-state index is 0.225. The molecule has 0 saturated carbocycles. The van der Waals surface area contributed by atoms with E-state index < -0.39 is 0 Å². The standard InChI is InChI=1S/C45H62N4/c1-9-46(10-2)40-28-20-36(21-29-40)44(37-22-30-41(31-23-37)47(11-3)12-4)18-17-19-45(38-24-32-42(33-25-38)48(13-5)14-6)39-26-34-43(35-27-39)49(15-7)16-8/h17-36,40,44H,9-16H2,1-8H3. The van der Waals surface area contributed by atoms with Gasteiger partial charge in [0.1, 0.15) is 0 Å². The van der Waals surface area contributed by atoms with Crippen molar-refractivity contribution in [3.05, 3.63) is 132 Å². The van der Waals surface area contributed by atoms with E-state index in [1.54, 1.807) is 0 Å². The van der Waals surface area contributed by atoms with Gasteiger partial charge in [0.15, 0.2) is 0 Å². The molecule has 3 aromatic rings. The zero-order chi connectivity index (χ0) is 35.2. The Labute approximate surface area is 299 Å². The summed E-state index contributed by atoms with van der Waals surface area (Å²) < 4.78 is 0. The second-order valence-corrected chi connectivity index (χ2v) is 12.8. The van der Waals surface area contributed by atoms with Crippen LogP contribution in [0.3, 0.4) is 0 Å². The first kappa shape index (κ1) is 37.8. The lowest BCUT2D eigenvalue weighted by Gasteiger charge is -2.30. The zero-order valence-corrected chi connectivity index (χ0v) is 31.6. The lowest BCUT2D eigenvalue weighted by molar-refractivity contribution is 0.285. The van der Waals surface area contributed by atoms with Crippen LogP contribution < -0.4 is 14.7 Å². The normalized spacial score (nSPS) is 16.3. The second-order valence-electron chi connectivity index (χ2n) is 12.8. The van der Waals surface area contributed by atoms with E-state index in [2.05, 4.69) is 190 Å². The summed E-state index contributed by atoms with van der Waals surface area (Å²) in [5.74, 6) is 0.518. The van der Waals surface area contributed by atoms with Crippen LogP contribution in [0.1, 0.15) is 78.0 Å². The summed E-state index contributed by atoms with van der Waals surface area (Å²) in [6.07, 6.45) is 16.7. The van der Waals surface area contributed by atoms with E-state index in [0.29, 0.717) is 12.0 Å². The van der Waals surface area contributed by atoms with Gasteiger partial charge in [-0.25, -0.2) is 0 Å². The number of rotatable bonds is 18. The van der Waals surface area contributed by atoms with Crippen molar-refractivity contribution in [2.75, 3.05) is 67.1 Å². The van der Waals surface area contributed by atoms with Gasteiger partial charge in [-0.2, -0.15) is 0 Å². The van der Waals surface area contributed by atoms with Crippen LogP contribution in [0, 0.1) is 5.92 Å². The first-order valence-corrected chi connectivity index (χ1v) is 19.0. The summed E-state index contributed by atoms with van der Waals surface area (Å²) in [6.45, 7) is 26.0. The molecular weight excluding hydrogens is 597 g/mol. The molecule has 0 radical (unpaired) electrons. The minimum Gasteiger partial charge on any atom is -0.372 e. The highest BCUT2D eigenvalue weighted by Crippen LogP contribution is 2.34. The van der Waals surface area contributed by atoms with Gasteiger partial charge >= 0.3 is 0 Å². The molecule has 4 nitrogen and oxygen atoms in total. The van der Waals surface area contributed by atoms with Crippen LogP contribution in [0.15, 0.2) is 115 Å². The number of hydrogen-bond donors (Lipinski definition) is 0. The van der Waals surface area contributed by atoms with Gasteiger partial charge in [0.05, 0.1) is 0 Å². The van der Waals surface area contributed by atoms with Crippen LogP contribution >= 0.6 is 0 Å². The van der Waals surface area contributed by atoms with Crippen LogP contribution in [0.5, 0.6) is 0 Å². The number of benzene rings is 3. The Bertz CT molecular complexity index is 1430. The predicted molar refractivity (Wildman–Crippen MR) is 217 cm³/mol. The van der Waals surface area contributed by atoms with Crippen LogP contribution in [0.2, 0.25) is 0 Å². The molecule has 0 saturated heterocycles. The molecule has 0 N–H and O–H groups in total. The Morgan fingerprint density at radius 1 is 0.510 bits per heavy atom. The quantitative estimate of drug-likeness (QED) is 0.0996. The molecule has 1 unspecified atom stereocenters. The fraction of sp³-hybridized carbons (Fsp3) is 0.422. The molecule has 0 amide bonds. The maximum absolute atomic E-state index is 2.50. The van der Waals surface area contributed by atoms with E-state index in [-0.39, 0.29) is 5.92 Å². The molecule has 0 heterocycles. The van der Waals surface area contributed by atoms with Gasteiger partial charge in [-0.15, -0.1) is 0 Å². The number of anilines is 3. The van der Waals surface area contributed by atoms with Gasteiger partial charge < -0.3 is 14.7 Å². The minimum absolute atomic E-state index is 0.225. The molecule has 49 heavy (non-hydrogen) atoms. The summed E-state index contributed by atoms with van der Waals surface area (Å²) in [7, 11) is 0. The van der Waals surface area contributed by atoms with E-state index in [1.807, 2.05) is 0 Å². The molecular formula is C45H62N4. The Balaban J connectivity index is 1.74. The summed E-state index contributed by atoms with van der Waals surface area (Å²) in [5, 5.41) is 0. The Kier molecular flexibility index (Phi) is 14.8. The lowest BCUT2D eigenvalue weighted by atomic mass is 9.82. The van der Waals surface area contributed by atoms with Gasteiger partial charge in [0, 0.05) is 74.2 Å². The molecule has 0 bridgehead atoms. The van der Waals surface area contributed by atoms with Crippen LogP contribution in [0.25, 0.3) is 5.57 Å². The first-order chi connectivity index (χ1) is 23.9. The smallest absolute Gasteiger partial charge is 0.0461 e. The van der Waals surface area contributed by atoms with Crippen molar-refractivity contribution < 1.29 is 0 Å². The Morgan fingerprint density at radius 2 is 0.898 bits per heavy atom. The van der Waals surface area contributed by atoms with Crippen LogP contribution in [0.4, 0.5) is 17.1 Å². The molecule has 1 atom stereocenters. The predicted octanol–water partition coefficient (Wildman–Crippen LogP) is 10.4. The summed E-state index contributed by atoms with van der Waals surface area (Å²) in [6, 6.07) is 27.9. The monoisotopic (exact) mass is 658 g/mol. The van der Waals surface area contributed by atoms with Gasteiger partial charge in [0.2, 0.25) is 0 Å². The molecule has 3 aromatic carbocycles. The van der Waals surface area contributed by atoms with Crippen molar-refractivity contribution in [2.24, 2.45) is 5.92 Å². The van der Waals surface area contributed by atoms with E-state index in [1.165, 1.54) is 39.3 Å². The molecule has 4 heteroatoms. The summed E-state index contributed by atoms with van der Waals surface area (Å²) in [5.41, 5.74) is 8.87. The lowest BCUT2D eigenvalue weighted by Crippen LogP contribution is -2.33. The maximum Gasteiger partial charge on any atom is 0.0461 e. The Morgan fingerprint density at radius 3 is 1.27 bits per heavy atom. The van der Waals surface area contributed by atoms with Gasteiger partial charge in [-0.05, 0) is 113 Å². The fourth-order valence-electron chi connectivity index (χ4n) is 7.21. The maximum atomic E-state index is 2.50. The molecule has 0 spiro atoms. The third kappa shape index (κ3) is 9.57. The van der Waals surface area contributed by atoms with Crippen molar-refractivity contribution in [1.29, 1.82) is 0 Å². The largest absolute Gasteiger partial charge is 0.372 e. The van der Waals surface area contributed by atoms with Gasteiger partial charge in [0.25, 0.3) is 0 Å². The van der Waals surface area contributed by atoms with Crippen molar-refractivity contribution >= 4 is 22.6 Å². The topological polar surface area (TPSA) is 13.0 Å². The highest BCUT2D eigenvalue weighted by molar-refractivity contribution is 5.82. The number of allylic oxidation sites excluding steroid dienone is 5. The van der Waals surface area contributed by atoms with Crippen molar-refractivity contribution in [2.45, 2.75) is 67.3 Å². The Hall–Kier alpha value is -4.02. The van der Waals surface area contributed by atoms with Crippen molar-refractivity contribution in [1.82, 2.24) is 4.90 Å². The molecule has 0 aliphatic heterocycles. The molecule has 4 rings (SSSR count). The zero-order valence-electron chi connectivity index (χ0n) is 31.6. The van der Waals surface area contributed by atoms with Crippen molar-refractivity contribution in [3.63, 3.8) is 0 Å². The number of hydrogen-bond acceptors (Lipinski definition) is 4. The van der Waals surface area contributed by atoms with Crippen LogP contribution in [-0.2, 0) is 0 Å². The van der Waals surface area contributed by atoms with E-state index >= 15 is 0 Å². The average molecular weight is 659 g/mol. The molecule has 0 aromatic heterocycles. The van der Waals surface area contributed by atoms with E-state index in [0.717, 1.165) is 52.4 Å². The fourth-order valence-corrected chi connectivity index (χ4v) is 7.21. The van der Waals surface area contributed by atoms with Crippen molar-refractivity contribution in [3.8, 4) is 0 Å². The van der Waals surface area contributed by atoms with E-state index in [9.17, 15) is 0 Å². The van der Waals surface area contributed by atoms with Gasteiger partial charge in [-0.3, -0.25) is 4.90 Å². The van der Waals surface area contributed by atoms with Crippen LogP contribution in [-0.4, -0.2) is 63.3 Å². The highest BCUT2D eigenvalue weighted by Gasteiger charge is 2.21. The molecule has 1 aliphatic carbocycles. The number of likely N-dealkylation sites (N-methyl/N-ethyl adjacent to an activating group) is 1. The SMILES string of the molecule is CCN(CC)c1ccc(C(=CC=CC(c2ccc(N(CC)CC)cc2)C2C=CC(N(CC)CC)C=C2)c2ccc(N(CC)CC)cc2)cc1. The average Bonchev–Trinajstić information content (AvgIpc) is 3.15. The summed E-state index contributed by atoms with van der Waals surface area (Å²) in [4.78, 5) is 9.71. The molecule has 0 fully saturated rings. The van der Waals surface area contributed by atoms with Gasteiger partial charge in [-0.1, -0.05) is 92.8 Å². The third-order valence-corrected chi connectivity index (χ3v) is 10.3. The summed E-state index contributed by atoms with van der Waals surface area (Å²) >= 11 is 0. The highest BCUT2D eigenvalue weighted by atomic mass is 15.1. The second kappa shape index (κ2) is 19.2. The number of nitrogens with zero attached hydrogens (tertiary/aromatic N) is 4. The third-order valence-electron chi connectivity index (χ3n) is 10.3. The van der Waals surface area contributed by atoms with E-state index in [4.69, 9.17) is 0 Å². The molecule has 262 valence electrons. The molecule has 1 aliphatic rings.